The van der Waals surface area contributed by atoms with Crippen molar-refractivity contribution >= 4 is 34.1 Å². The Morgan fingerprint density at radius 1 is 1.21 bits per heavy atom. The van der Waals surface area contributed by atoms with Crippen molar-refractivity contribution in [3.05, 3.63) is 59.2 Å². The van der Waals surface area contributed by atoms with Crippen molar-refractivity contribution in [1.29, 1.82) is 0 Å². The summed E-state index contributed by atoms with van der Waals surface area (Å²) in [6.45, 7) is 3.80. The third-order valence-electron chi connectivity index (χ3n) is 4.21. The third kappa shape index (κ3) is 2.97. The number of carbonyl (C=O) groups excluding carboxylic acids is 1. The van der Waals surface area contributed by atoms with Crippen LogP contribution >= 0.6 is 11.6 Å². The second kappa shape index (κ2) is 6.21. The van der Waals surface area contributed by atoms with E-state index >= 15 is 0 Å². The van der Waals surface area contributed by atoms with Crippen LogP contribution in [0, 0.1) is 0 Å². The van der Waals surface area contributed by atoms with Gasteiger partial charge in [-0.25, -0.2) is 0 Å². The lowest BCUT2D eigenvalue weighted by Crippen LogP contribution is -2.34. The molecule has 1 aromatic heterocycles. The van der Waals surface area contributed by atoms with E-state index in [1.807, 2.05) is 50.4 Å². The summed E-state index contributed by atoms with van der Waals surface area (Å²) in [5.74, 6) is 0.655. The normalized spacial score (nSPS) is 11.5. The Morgan fingerprint density at radius 2 is 2.00 bits per heavy atom. The summed E-state index contributed by atoms with van der Waals surface area (Å²) < 4.78 is 5.30. The number of hydrogen-bond donors (Lipinski definition) is 2. The first kappa shape index (κ1) is 16.4. The summed E-state index contributed by atoms with van der Waals surface area (Å²) in [6, 6.07) is 12.9. The minimum absolute atomic E-state index is 0.103. The average Bonchev–Trinajstić information content (AvgIpc) is 2.98. The Labute approximate surface area is 145 Å². The van der Waals surface area contributed by atoms with Crippen molar-refractivity contribution in [2.75, 3.05) is 12.4 Å². The van der Waals surface area contributed by atoms with Gasteiger partial charge >= 0.3 is 0 Å². The van der Waals surface area contributed by atoms with Gasteiger partial charge in [-0.05, 0) is 55.8 Å². The van der Waals surface area contributed by atoms with E-state index < -0.39 is 5.41 Å². The van der Waals surface area contributed by atoms with Gasteiger partial charge in [-0.3, -0.25) is 4.79 Å². The largest absolute Gasteiger partial charge is 0.497 e. The first-order valence-electron chi connectivity index (χ1n) is 7.64. The van der Waals surface area contributed by atoms with Gasteiger partial charge in [-0.2, -0.15) is 0 Å². The number of halogens is 1. The summed E-state index contributed by atoms with van der Waals surface area (Å²) in [7, 11) is 1.63. The molecule has 4 nitrogen and oxygen atoms in total. The minimum atomic E-state index is -0.729. The quantitative estimate of drug-likeness (QED) is 0.719. The van der Waals surface area contributed by atoms with E-state index in [9.17, 15) is 4.79 Å². The fourth-order valence-corrected chi connectivity index (χ4v) is 2.91. The van der Waals surface area contributed by atoms with E-state index in [1.54, 1.807) is 19.2 Å². The zero-order chi connectivity index (χ0) is 17.3. The minimum Gasteiger partial charge on any atom is -0.497 e. The molecule has 0 fully saturated rings. The van der Waals surface area contributed by atoms with Crippen LogP contribution in [0.3, 0.4) is 0 Å². The maximum absolute atomic E-state index is 12.8. The molecule has 0 saturated carbocycles. The van der Waals surface area contributed by atoms with Gasteiger partial charge < -0.3 is 15.0 Å². The monoisotopic (exact) mass is 342 g/mol. The molecule has 0 aliphatic rings. The number of amides is 1. The van der Waals surface area contributed by atoms with E-state index in [0.29, 0.717) is 10.7 Å². The average molecular weight is 343 g/mol. The first-order chi connectivity index (χ1) is 11.4. The van der Waals surface area contributed by atoms with Gasteiger partial charge in [0.15, 0.2) is 0 Å². The van der Waals surface area contributed by atoms with Crippen LogP contribution in [-0.4, -0.2) is 18.0 Å². The number of anilines is 1. The molecule has 3 rings (SSSR count). The molecule has 24 heavy (non-hydrogen) atoms. The SMILES string of the molecule is COc1ccc2[nH]cc(C(C)(C)C(=O)Nc3cccc(Cl)c3)c2c1. The Kier molecular flexibility index (Phi) is 4.24. The van der Waals surface area contributed by atoms with Crippen LogP contribution in [0.1, 0.15) is 19.4 Å². The van der Waals surface area contributed by atoms with Crippen LogP contribution in [0.2, 0.25) is 5.02 Å². The second-order valence-corrected chi connectivity index (χ2v) is 6.64. The van der Waals surface area contributed by atoms with Crippen molar-refractivity contribution in [2.45, 2.75) is 19.3 Å². The maximum Gasteiger partial charge on any atom is 0.234 e. The van der Waals surface area contributed by atoms with E-state index in [1.165, 1.54) is 0 Å². The Balaban J connectivity index is 1.96. The molecule has 1 heterocycles. The van der Waals surface area contributed by atoms with Gasteiger partial charge in [-0.15, -0.1) is 0 Å². The van der Waals surface area contributed by atoms with Crippen LogP contribution in [0.5, 0.6) is 5.75 Å². The molecule has 0 aliphatic carbocycles. The molecule has 2 N–H and O–H groups in total. The molecule has 0 atom stereocenters. The third-order valence-corrected chi connectivity index (χ3v) is 4.45. The molecular formula is C19H19ClN2O2. The van der Waals surface area contributed by atoms with Gasteiger partial charge in [0.05, 0.1) is 12.5 Å². The predicted molar refractivity (Wildman–Crippen MR) is 98.0 cm³/mol. The van der Waals surface area contributed by atoms with Crippen LogP contribution in [0.15, 0.2) is 48.7 Å². The van der Waals surface area contributed by atoms with E-state index in [2.05, 4.69) is 10.3 Å². The second-order valence-electron chi connectivity index (χ2n) is 6.20. The zero-order valence-electron chi connectivity index (χ0n) is 13.8. The predicted octanol–water partition coefficient (Wildman–Crippen LogP) is 4.75. The van der Waals surface area contributed by atoms with Crippen LogP contribution in [0.25, 0.3) is 10.9 Å². The molecule has 124 valence electrons. The van der Waals surface area contributed by atoms with Crippen molar-refractivity contribution in [1.82, 2.24) is 4.98 Å². The van der Waals surface area contributed by atoms with Crippen molar-refractivity contribution in [2.24, 2.45) is 0 Å². The first-order valence-corrected chi connectivity index (χ1v) is 8.02. The highest BCUT2D eigenvalue weighted by molar-refractivity contribution is 6.30. The van der Waals surface area contributed by atoms with Crippen molar-refractivity contribution in [3.8, 4) is 5.75 Å². The van der Waals surface area contributed by atoms with Gasteiger partial charge in [-0.1, -0.05) is 17.7 Å². The molecule has 0 unspecified atom stereocenters. The number of aromatic amines is 1. The molecule has 0 saturated heterocycles. The standard InChI is InChI=1S/C19H19ClN2O2/c1-19(2,18(23)22-13-6-4-5-12(20)9-13)16-11-21-17-8-7-14(24-3)10-15(16)17/h4-11,21H,1-3H3,(H,22,23). The van der Waals surface area contributed by atoms with Gasteiger partial charge in [0.1, 0.15) is 5.75 Å². The number of carbonyl (C=O) groups is 1. The van der Waals surface area contributed by atoms with Crippen molar-refractivity contribution < 1.29 is 9.53 Å². The molecular weight excluding hydrogens is 324 g/mol. The maximum atomic E-state index is 12.8. The molecule has 1 amide bonds. The van der Waals surface area contributed by atoms with Crippen LogP contribution in [-0.2, 0) is 10.2 Å². The van der Waals surface area contributed by atoms with E-state index in [-0.39, 0.29) is 5.91 Å². The van der Waals surface area contributed by atoms with E-state index in [4.69, 9.17) is 16.3 Å². The van der Waals surface area contributed by atoms with Gasteiger partial charge in [0, 0.05) is 27.8 Å². The Hall–Kier alpha value is -2.46. The number of nitrogens with one attached hydrogen (secondary N) is 2. The highest BCUT2D eigenvalue weighted by Crippen LogP contribution is 2.33. The fourth-order valence-electron chi connectivity index (χ4n) is 2.72. The number of benzene rings is 2. The summed E-state index contributed by atoms with van der Waals surface area (Å²) in [4.78, 5) is 16.1. The molecule has 2 aromatic carbocycles. The lowest BCUT2D eigenvalue weighted by molar-refractivity contribution is -0.120. The summed E-state index contributed by atoms with van der Waals surface area (Å²) in [5.41, 5.74) is 1.83. The van der Waals surface area contributed by atoms with Gasteiger partial charge in [0.25, 0.3) is 0 Å². The number of H-pyrrole nitrogens is 1. The van der Waals surface area contributed by atoms with Crippen LogP contribution in [0.4, 0.5) is 5.69 Å². The summed E-state index contributed by atoms with van der Waals surface area (Å²) >= 11 is 5.98. The lowest BCUT2D eigenvalue weighted by atomic mass is 9.83. The number of methoxy groups -OCH3 is 1. The van der Waals surface area contributed by atoms with Crippen LogP contribution < -0.4 is 10.1 Å². The molecule has 0 aliphatic heterocycles. The van der Waals surface area contributed by atoms with E-state index in [0.717, 1.165) is 22.2 Å². The molecule has 0 bridgehead atoms. The zero-order valence-corrected chi connectivity index (χ0v) is 14.6. The van der Waals surface area contributed by atoms with Gasteiger partial charge in [0.2, 0.25) is 5.91 Å². The highest BCUT2D eigenvalue weighted by Gasteiger charge is 2.32. The van der Waals surface area contributed by atoms with Crippen molar-refractivity contribution in [3.63, 3.8) is 0 Å². The fraction of sp³-hybridized carbons (Fsp3) is 0.211. The number of hydrogen-bond acceptors (Lipinski definition) is 2. The molecule has 3 aromatic rings. The summed E-state index contributed by atoms with van der Waals surface area (Å²) in [5, 5.41) is 4.49. The Bertz CT molecular complexity index is 899. The molecule has 5 heteroatoms. The number of ether oxygens (including phenoxy) is 1. The smallest absolute Gasteiger partial charge is 0.234 e. The number of aromatic nitrogens is 1. The highest BCUT2D eigenvalue weighted by atomic mass is 35.5. The number of fused-ring (bicyclic) bond motifs is 1. The lowest BCUT2D eigenvalue weighted by Gasteiger charge is -2.23. The number of rotatable bonds is 4. The Morgan fingerprint density at radius 3 is 2.71 bits per heavy atom. The summed E-state index contributed by atoms with van der Waals surface area (Å²) in [6.07, 6.45) is 1.88. The molecule has 0 spiro atoms. The molecule has 0 radical (unpaired) electrons. The topological polar surface area (TPSA) is 54.1 Å².